The Bertz CT molecular complexity index is 1240. The maximum Gasteiger partial charge on any atom is 0.260 e. The summed E-state index contributed by atoms with van der Waals surface area (Å²) in [5, 5.41) is 7.10. The van der Waals surface area contributed by atoms with Gasteiger partial charge in [0, 0.05) is 11.7 Å². The Morgan fingerprint density at radius 1 is 1.17 bits per heavy atom. The van der Waals surface area contributed by atoms with Crippen LogP contribution in [-0.4, -0.2) is 24.3 Å². The molecule has 152 valence electrons. The first-order valence-electron chi connectivity index (χ1n) is 9.64. The normalized spacial score (nSPS) is 11.1. The van der Waals surface area contributed by atoms with Gasteiger partial charge in [-0.2, -0.15) is 5.10 Å². The summed E-state index contributed by atoms with van der Waals surface area (Å²) in [5.74, 6) is 0.398. The summed E-state index contributed by atoms with van der Waals surface area (Å²) >= 11 is 6.29. The number of aryl methyl sites for hydroxylation is 1. The van der Waals surface area contributed by atoms with Crippen LogP contribution in [0.15, 0.2) is 35.4 Å². The van der Waals surface area contributed by atoms with Crippen LogP contribution in [0.2, 0.25) is 5.02 Å². The minimum atomic E-state index is -0.106. The van der Waals surface area contributed by atoms with Gasteiger partial charge in [0.1, 0.15) is 12.1 Å². The number of anilines is 1. The molecule has 29 heavy (non-hydrogen) atoms. The van der Waals surface area contributed by atoms with Gasteiger partial charge in [-0.25, -0.2) is 14.6 Å². The number of hydrogen-bond acceptors (Lipinski definition) is 5. The van der Waals surface area contributed by atoms with E-state index in [-0.39, 0.29) is 11.6 Å². The number of hydrogen-bond donors (Lipinski definition) is 1. The van der Waals surface area contributed by atoms with Crippen molar-refractivity contribution in [3.05, 3.63) is 57.4 Å². The quantitative estimate of drug-likeness (QED) is 0.540. The lowest BCUT2D eigenvalue weighted by Crippen LogP contribution is -2.27. The Kier molecular flexibility index (Phi) is 5.88. The Labute approximate surface area is 174 Å². The van der Waals surface area contributed by atoms with Gasteiger partial charge in [0.05, 0.1) is 28.0 Å². The molecule has 0 aliphatic heterocycles. The number of halogens is 1. The fourth-order valence-corrected chi connectivity index (χ4v) is 3.81. The molecular weight excluding hydrogens is 388 g/mol. The standard InChI is InChI=1S/C19H19ClN6O.C2H6/c1-10(2)26-13(7-12-5-4-6-14(20)16(12)19(26)27)8-25-18-15(11(3)24-25)17(21)22-9-23-18;1-2/h4-7,9-10H,8H2,1-3H3,(H2,21,22,23);1-2H3. The molecule has 0 fully saturated rings. The first kappa shape index (κ1) is 20.8. The molecule has 0 unspecified atom stereocenters. The van der Waals surface area contributed by atoms with Crippen LogP contribution < -0.4 is 11.3 Å². The van der Waals surface area contributed by atoms with E-state index in [0.29, 0.717) is 28.4 Å². The van der Waals surface area contributed by atoms with E-state index in [1.165, 1.54) is 6.33 Å². The number of nitrogens with two attached hydrogens (primary N) is 1. The molecule has 0 bridgehead atoms. The SMILES string of the molecule is CC.Cc1nn(Cc2cc3cccc(Cl)c3c(=O)n2C(C)C)c2ncnc(N)c12. The zero-order valence-corrected chi connectivity index (χ0v) is 18.0. The second-order valence-corrected chi connectivity index (χ2v) is 7.22. The van der Waals surface area contributed by atoms with Crippen LogP contribution in [0.5, 0.6) is 0 Å². The third kappa shape index (κ3) is 3.58. The van der Waals surface area contributed by atoms with Crippen molar-refractivity contribution in [2.45, 2.75) is 47.2 Å². The Morgan fingerprint density at radius 2 is 1.90 bits per heavy atom. The lowest BCUT2D eigenvalue weighted by atomic mass is 10.1. The van der Waals surface area contributed by atoms with Gasteiger partial charge in [0.2, 0.25) is 0 Å². The zero-order chi connectivity index (χ0) is 21.3. The predicted octanol–water partition coefficient (Wildman–Crippen LogP) is 4.34. The molecule has 3 aromatic heterocycles. The Hall–Kier alpha value is -2.93. The van der Waals surface area contributed by atoms with Crippen LogP contribution in [0.1, 0.15) is 45.1 Å². The first-order chi connectivity index (χ1) is 13.9. The first-order valence-corrected chi connectivity index (χ1v) is 10.0. The molecule has 2 N–H and O–H groups in total. The van der Waals surface area contributed by atoms with Gasteiger partial charge in [-0.05, 0) is 38.3 Å². The lowest BCUT2D eigenvalue weighted by molar-refractivity contribution is 0.533. The fourth-order valence-electron chi connectivity index (χ4n) is 3.55. The van der Waals surface area contributed by atoms with Gasteiger partial charge in [0.25, 0.3) is 5.56 Å². The second-order valence-electron chi connectivity index (χ2n) is 6.81. The van der Waals surface area contributed by atoms with E-state index in [1.54, 1.807) is 15.3 Å². The minimum Gasteiger partial charge on any atom is -0.383 e. The number of nitrogen functional groups attached to an aromatic ring is 1. The molecule has 8 heteroatoms. The summed E-state index contributed by atoms with van der Waals surface area (Å²) in [4.78, 5) is 21.5. The van der Waals surface area contributed by atoms with Crippen molar-refractivity contribution in [1.29, 1.82) is 0 Å². The molecule has 0 atom stereocenters. The molecule has 0 saturated heterocycles. The number of pyridine rings is 1. The predicted molar refractivity (Wildman–Crippen MR) is 119 cm³/mol. The average molecular weight is 413 g/mol. The summed E-state index contributed by atoms with van der Waals surface area (Å²) in [7, 11) is 0. The van der Waals surface area contributed by atoms with E-state index in [9.17, 15) is 4.79 Å². The van der Waals surface area contributed by atoms with Gasteiger partial charge in [-0.15, -0.1) is 0 Å². The largest absolute Gasteiger partial charge is 0.383 e. The lowest BCUT2D eigenvalue weighted by Gasteiger charge is -2.18. The van der Waals surface area contributed by atoms with E-state index in [0.717, 1.165) is 22.2 Å². The third-order valence-electron chi connectivity index (χ3n) is 4.67. The molecule has 0 saturated carbocycles. The summed E-state index contributed by atoms with van der Waals surface area (Å²) in [6.07, 6.45) is 1.42. The van der Waals surface area contributed by atoms with Crippen LogP contribution in [-0.2, 0) is 6.54 Å². The molecule has 3 heterocycles. The average Bonchev–Trinajstić information content (AvgIpc) is 2.99. The molecular formula is C21H25ClN6O. The van der Waals surface area contributed by atoms with Crippen molar-refractivity contribution >= 4 is 39.2 Å². The van der Waals surface area contributed by atoms with E-state index in [1.807, 2.05) is 52.8 Å². The van der Waals surface area contributed by atoms with Crippen molar-refractivity contribution in [3.63, 3.8) is 0 Å². The van der Waals surface area contributed by atoms with Crippen LogP contribution in [0.3, 0.4) is 0 Å². The topological polar surface area (TPSA) is 91.6 Å². The van der Waals surface area contributed by atoms with Crippen molar-refractivity contribution in [3.8, 4) is 0 Å². The summed E-state index contributed by atoms with van der Waals surface area (Å²) in [5.41, 5.74) is 8.10. The Balaban J connectivity index is 0.00000117. The molecule has 0 radical (unpaired) electrons. The van der Waals surface area contributed by atoms with Crippen LogP contribution in [0.25, 0.3) is 21.8 Å². The fraction of sp³-hybridized carbons (Fsp3) is 0.333. The smallest absolute Gasteiger partial charge is 0.260 e. The summed E-state index contributed by atoms with van der Waals surface area (Å²) in [6, 6.07) is 7.42. The zero-order valence-electron chi connectivity index (χ0n) is 17.3. The highest BCUT2D eigenvalue weighted by Crippen LogP contribution is 2.25. The maximum absolute atomic E-state index is 13.1. The second kappa shape index (κ2) is 8.21. The van der Waals surface area contributed by atoms with Crippen molar-refractivity contribution in [1.82, 2.24) is 24.3 Å². The van der Waals surface area contributed by atoms with E-state index in [2.05, 4.69) is 15.1 Å². The van der Waals surface area contributed by atoms with E-state index < -0.39 is 0 Å². The van der Waals surface area contributed by atoms with E-state index >= 15 is 0 Å². The van der Waals surface area contributed by atoms with Crippen LogP contribution in [0, 0.1) is 6.92 Å². The summed E-state index contributed by atoms with van der Waals surface area (Å²) in [6.45, 7) is 10.2. The van der Waals surface area contributed by atoms with E-state index in [4.69, 9.17) is 17.3 Å². The molecule has 0 aliphatic rings. The van der Waals surface area contributed by atoms with Crippen LogP contribution in [0.4, 0.5) is 5.82 Å². The highest BCUT2D eigenvalue weighted by Gasteiger charge is 2.17. The van der Waals surface area contributed by atoms with Gasteiger partial charge < -0.3 is 10.3 Å². The maximum atomic E-state index is 13.1. The highest BCUT2D eigenvalue weighted by molar-refractivity contribution is 6.35. The molecule has 7 nitrogen and oxygen atoms in total. The molecule has 0 spiro atoms. The molecule has 1 aromatic carbocycles. The molecule has 4 rings (SSSR count). The number of aromatic nitrogens is 5. The minimum absolute atomic E-state index is 0.0317. The Morgan fingerprint density at radius 3 is 2.59 bits per heavy atom. The highest BCUT2D eigenvalue weighted by atomic mass is 35.5. The number of fused-ring (bicyclic) bond motifs is 2. The number of nitrogens with zero attached hydrogens (tertiary/aromatic N) is 5. The van der Waals surface area contributed by atoms with Crippen molar-refractivity contribution < 1.29 is 0 Å². The van der Waals surface area contributed by atoms with Crippen molar-refractivity contribution in [2.75, 3.05) is 5.73 Å². The van der Waals surface area contributed by atoms with Crippen molar-refractivity contribution in [2.24, 2.45) is 0 Å². The van der Waals surface area contributed by atoms with Crippen LogP contribution >= 0.6 is 11.6 Å². The van der Waals surface area contributed by atoms with Gasteiger partial charge in [0.15, 0.2) is 5.65 Å². The van der Waals surface area contributed by atoms with Gasteiger partial charge in [-0.1, -0.05) is 37.6 Å². The molecule has 0 amide bonds. The monoisotopic (exact) mass is 412 g/mol. The van der Waals surface area contributed by atoms with Gasteiger partial charge in [-0.3, -0.25) is 4.79 Å². The third-order valence-corrected chi connectivity index (χ3v) is 4.99. The number of rotatable bonds is 3. The van der Waals surface area contributed by atoms with Gasteiger partial charge >= 0.3 is 0 Å². The summed E-state index contributed by atoms with van der Waals surface area (Å²) < 4.78 is 3.51. The molecule has 4 aromatic rings. The number of benzene rings is 1. The molecule has 0 aliphatic carbocycles.